The smallest absolute Gasteiger partial charge is 0.350 e. The predicted octanol–water partition coefficient (Wildman–Crippen LogP) is 3.80. The standard InChI is InChI=1S/C17H16ClNO7/c1-9-7-10(18)5-6-12(9)26-17(20)11-8-13(23-2)15(24-3)16(25-4)14(11)19(21)22/h5-8H,1-4H3. The second-order valence-corrected chi connectivity index (χ2v) is 5.53. The van der Waals surface area contributed by atoms with Crippen LogP contribution in [0.15, 0.2) is 24.3 Å². The summed E-state index contributed by atoms with van der Waals surface area (Å²) in [5, 5.41) is 12.0. The molecule has 8 nitrogen and oxygen atoms in total. The molecule has 0 saturated carbocycles. The summed E-state index contributed by atoms with van der Waals surface area (Å²) in [6.45, 7) is 1.69. The van der Waals surface area contributed by atoms with Crippen molar-refractivity contribution in [2.24, 2.45) is 0 Å². The van der Waals surface area contributed by atoms with Gasteiger partial charge < -0.3 is 18.9 Å². The highest BCUT2D eigenvalue weighted by molar-refractivity contribution is 6.30. The second kappa shape index (κ2) is 7.92. The van der Waals surface area contributed by atoms with E-state index < -0.39 is 16.6 Å². The van der Waals surface area contributed by atoms with E-state index in [4.69, 9.17) is 30.5 Å². The van der Waals surface area contributed by atoms with Crippen LogP contribution in [0.1, 0.15) is 15.9 Å². The molecule has 0 saturated heterocycles. The van der Waals surface area contributed by atoms with Crippen molar-refractivity contribution in [2.45, 2.75) is 6.92 Å². The summed E-state index contributed by atoms with van der Waals surface area (Å²) in [5.41, 5.74) is -0.318. The lowest BCUT2D eigenvalue weighted by atomic mass is 10.1. The topological polar surface area (TPSA) is 97.1 Å². The molecular weight excluding hydrogens is 366 g/mol. The van der Waals surface area contributed by atoms with E-state index in [9.17, 15) is 14.9 Å². The number of hydrogen-bond donors (Lipinski definition) is 0. The van der Waals surface area contributed by atoms with Gasteiger partial charge in [0.25, 0.3) is 0 Å². The molecule has 138 valence electrons. The van der Waals surface area contributed by atoms with Crippen molar-refractivity contribution >= 4 is 23.3 Å². The number of rotatable bonds is 6. The van der Waals surface area contributed by atoms with Crippen molar-refractivity contribution in [2.75, 3.05) is 21.3 Å². The molecule has 0 radical (unpaired) electrons. The molecule has 0 amide bonds. The number of nitro benzene ring substituents is 1. The maximum absolute atomic E-state index is 12.6. The maximum atomic E-state index is 12.6. The molecule has 0 N–H and O–H groups in total. The van der Waals surface area contributed by atoms with Crippen molar-refractivity contribution in [1.29, 1.82) is 0 Å². The first-order valence-corrected chi connectivity index (χ1v) is 7.67. The molecular formula is C17H16ClNO7. The van der Waals surface area contributed by atoms with Crippen molar-refractivity contribution in [3.05, 3.63) is 50.5 Å². The number of methoxy groups -OCH3 is 3. The Balaban J connectivity index is 2.59. The summed E-state index contributed by atoms with van der Waals surface area (Å²) >= 11 is 5.87. The number of esters is 1. The SMILES string of the molecule is COc1cc(C(=O)Oc2ccc(Cl)cc2C)c([N+](=O)[O-])c(OC)c1OC. The van der Waals surface area contributed by atoms with Crippen LogP contribution < -0.4 is 18.9 Å². The van der Waals surface area contributed by atoms with Gasteiger partial charge in [-0.1, -0.05) is 11.6 Å². The summed E-state index contributed by atoms with van der Waals surface area (Å²) in [7, 11) is 3.86. The van der Waals surface area contributed by atoms with Crippen molar-refractivity contribution in [1.82, 2.24) is 0 Å². The Kier molecular flexibility index (Phi) is 5.89. The number of hydrogen-bond acceptors (Lipinski definition) is 7. The van der Waals surface area contributed by atoms with Gasteiger partial charge in [0.1, 0.15) is 11.3 Å². The van der Waals surface area contributed by atoms with Crippen molar-refractivity contribution < 1.29 is 28.7 Å². The highest BCUT2D eigenvalue weighted by atomic mass is 35.5. The second-order valence-electron chi connectivity index (χ2n) is 5.10. The number of ether oxygens (including phenoxy) is 4. The lowest BCUT2D eigenvalue weighted by Gasteiger charge is -2.15. The van der Waals surface area contributed by atoms with Gasteiger partial charge in [0.2, 0.25) is 11.5 Å². The van der Waals surface area contributed by atoms with E-state index in [0.29, 0.717) is 10.6 Å². The van der Waals surface area contributed by atoms with Gasteiger partial charge in [0, 0.05) is 11.1 Å². The van der Waals surface area contributed by atoms with Crippen LogP contribution >= 0.6 is 11.6 Å². The van der Waals surface area contributed by atoms with Crippen LogP contribution in [-0.4, -0.2) is 32.2 Å². The summed E-state index contributed by atoms with van der Waals surface area (Å²) in [6.07, 6.45) is 0. The molecule has 0 heterocycles. The van der Waals surface area contributed by atoms with Gasteiger partial charge in [-0.15, -0.1) is 0 Å². The first-order valence-electron chi connectivity index (χ1n) is 7.29. The minimum absolute atomic E-state index is 0.000855. The number of aryl methyl sites for hydroxylation is 1. The third kappa shape index (κ3) is 3.65. The third-order valence-corrected chi connectivity index (χ3v) is 3.78. The Morgan fingerprint density at radius 3 is 2.19 bits per heavy atom. The van der Waals surface area contributed by atoms with E-state index in [1.165, 1.54) is 33.5 Å². The van der Waals surface area contributed by atoms with E-state index in [0.717, 1.165) is 0 Å². The van der Waals surface area contributed by atoms with Crippen LogP contribution in [0.4, 0.5) is 5.69 Å². The summed E-state index contributed by atoms with van der Waals surface area (Å²) < 4.78 is 20.6. The molecule has 0 spiro atoms. The molecule has 0 fully saturated rings. The van der Waals surface area contributed by atoms with Gasteiger partial charge in [-0.05, 0) is 30.7 Å². The number of carbonyl (C=O) groups is 1. The van der Waals surface area contributed by atoms with Crippen LogP contribution in [0.5, 0.6) is 23.0 Å². The Hall–Kier alpha value is -3.00. The summed E-state index contributed by atoms with van der Waals surface area (Å²) in [6, 6.07) is 5.82. The first kappa shape index (κ1) is 19.3. The molecule has 0 aliphatic carbocycles. The first-order chi connectivity index (χ1) is 12.3. The fourth-order valence-electron chi connectivity index (χ4n) is 2.36. The van der Waals surface area contributed by atoms with Crippen molar-refractivity contribution in [3.8, 4) is 23.0 Å². The molecule has 0 aliphatic heterocycles. The highest BCUT2D eigenvalue weighted by Crippen LogP contribution is 2.46. The molecule has 2 aromatic rings. The zero-order valence-corrected chi connectivity index (χ0v) is 15.2. The zero-order chi connectivity index (χ0) is 19.4. The fraction of sp³-hybridized carbons (Fsp3) is 0.235. The average Bonchev–Trinajstić information content (AvgIpc) is 2.61. The molecule has 2 rings (SSSR count). The largest absolute Gasteiger partial charge is 0.493 e. The maximum Gasteiger partial charge on any atom is 0.350 e. The fourth-order valence-corrected chi connectivity index (χ4v) is 2.59. The molecule has 0 aliphatic rings. The van der Waals surface area contributed by atoms with Gasteiger partial charge in [-0.2, -0.15) is 0 Å². The zero-order valence-electron chi connectivity index (χ0n) is 14.5. The Bertz CT molecular complexity index is 867. The molecule has 0 unspecified atom stereocenters. The van der Waals surface area contributed by atoms with E-state index in [2.05, 4.69) is 0 Å². The number of halogens is 1. The average molecular weight is 382 g/mol. The van der Waals surface area contributed by atoms with Gasteiger partial charge in [0.15, 0.2) is 5.75 Å². The quantitative estimate of drug-likeness (QED) is 0.325. The molecule has 9 heteroatoms. The predicted molar refractivity (Wildman–Crippen MR) is 93.9 cm³/mol. The molecule has 26 heavy (non-hydrogen) atoms. The Morgan fingerprint density at radius 1 is 1.04 bits per heavy atom. The van der Waals surface area contributed by atoms with E-state index in [1.807, 2.05) is 0 Å². The minimum atomic E-state index is -0.943. The normalized spacial score (nSPS) is 10.2. The van der Waals surface area contributed by atoms with Gasteiger partial charge in [-0.3, -0.25) is 10.1 Å². The number of carbonyl (C=O) groups excluding carboxylic acids is 1. The van der Waals surface area contributed by atoms with E-state index in [1.54, 1.807) is 19.1 Å². The van der Waals surface area contributed by atoms with Crippen LogP contribution in [0.2, 0.25) is 5.02 Å². The van der Waals surface area contributed by atoms with Crippen LogP contribution in [0.25, 0.3) is 0 Å². The van der Waals surface area contributed by atoms with Crippen LogP contribution in [0.3, 0.4) is 0 Å². The van der Waals surface area contributed by atoms with Gasteiger partial charge in [-0.25, -0.2) is 4.79 Å². The monoisotopic (exact) mass is 381 g/mol. The summed E-state index contributed by atoms with van der Waals surface area (Å²) in [5.74, 6) is -0.865. The number of nitro groups is 1. The van der Waals surface area contributed by atoms with Gasteiger partial charge >= 0.3 is 11.7 Å². The summed E-state index contributed by atoms with van der Waals surface area (Å²) in [4.78, 5) is 23.4. The molecule has 0 atom stereocenters. The van der Waals surface area contributed by atoms with Crippen LogP contribution in [0, 0.1) is 17.0 Å². The Morgan fingerprint density at radius 2 is 1.69 bits per heavy atom. The molecule has 0 aromatic heterocycles. The van der Waals surface area contributed by atoms with Crippen LogP contribution in [-0.2, 0) is 0 Å². The number of nitrogens with zero attached hydrogens (tertiary/aromatic N) is 1. The number of benzene rings is 2. The van der Waals surface area contributed by atoms with E-state index in [-0.39, 0.29) is 28.6 Å². The lowest BCUT2D eigenvalue weighted by molar-refractivity contribution is -0.386. The Labute approximate surface area is 154 Å². The third-order valence-electron chi connectivity index (χ3n) is 3.55. The van der Waals surface area contributed by atoms with Gasteiger partial charge in [0.05, 0.1) is 26.3 Å². The van der Waals surface area contributed by atoms with E-state index >= 15 is 0 Å². The lowest BCUT2D eigenvalue weighted by Crippen LogP contribution is -2.13. The van der Waals surface area contributed by atoms with Crippen molar-refractivity contribution in [3.63, 3.8) is 0 Å². The minimum Gasteiger partial charge on any atom is -0.493 e. The highest BCUT2D eigenvalue weighted by Gasteiger charge is 2.33. The molecule has 0 bridgehead atoms. The molecule has 2 aromatic carbocycles.